The highest BCUT2D eigenvalue weighted by molar-refractivity contribution is 5.33. The van der Waals surface area contributed by atoms with Crippen LogP contribution in [0.15, 0.2) is 24.5 Å². The van der Waals surface area contributed by atoms with Crippen molar-refractivity contribution >= 4 is 0 Å². The van der Waals surface area contributed by atoms with Crippen molar-refractivity contribution in [3.05, 3.63) is 47.0 Å². The molecule has 1 unspecified atom stereocenters. The number of aromatic nitrogens is 3. The van der Waals surface area contributed by atoms with Crippen molar-refractivity contribution in [3.63, 3.8) is 0 Å². The Balaban J connectivity index is 2.27. The van der Waals surface area contributed by atoms with Gasteiger partial charge in [-0.15, -0.1) is 0 Å². The molecule has 0 aliphatic heterocycles. The second kappa shape index (κ2) is 5.95. The summed E-state index contributed by atoms with van der Waals surface area (Å²) < 4.78 is 1.90. The fourth-order valence-electron chi connectivity index (χ4n) is 2.29. The van der Waals surface area contributed by atoms with Crippen LogP contribution in [0, 0.1) is 13.8 Å². The van der Waals surface area contributed by atoms with E-state index < -0.39 is 0 Å². The van der Waals surface area contributed by atoms with Crippen LogP contribution in [-0.2, 0) is 13.0 Å². The molecule has 3 N–H and O–H groups in total. The molecule has 0 aliphatic rings. The van der Waals surface area contributed by atoms with Crippen LogP contribution in [-0.4, -0.2) is 14.8 Å². The van der Waals surface area contributed by atoms with Crippen LogP contribution in [0.25, 0.3) is 0 Å². The number of hydrogen-bond acceptors (Lipinski definition) is 4. The van der Waals surface area contributed by atoms with Crippen LogP contribution < -0.4 is 11.3 Å². The van der Waals surface area contributed by atoms with E-state index in [1.165, 1.54) is 16.7 Å². The first-order valence-corrected chi connectivity index (χ1v) is 6.55. The van der Waals surface area contributed by atoms with E-state index in [9.17, 15) is 0 Å². The number of nitrogens with one attached hydrogen (secondary N) is 1. The first-order valence-electron chi connectivity index (χ1n) is 6.55. The van der Waals surface area contributed by atoms with Gasteiger partial charge in [-0.1, -0.05) is 23.8 Å². The fourth-order valence-corrected chi connectivity index (χ4v) is 2.29. The number of nitrogens with two attached hydrogens (primary N) is 1. The lowest BCUT2D eigenvalue weighted by Gasteiger charge is -2.19. The van der Waals surface area contributed by atoms with Gasteiger partial charge in [-0.3, -0.25) is 16.0 Å². The number of hydrazine groups is 1. The molecule has 0 aliphatic carbocycles. The third-order valence-corrected chi connectivity index (χ3v) is 3.39. The van der Waals surface area contributed by atoms with E-state index in [-0.39, 0.29) is 6.04 Å². The summed E-state index contributed by atoms with van der Waals surface area (Å²) in [5.41, 5.74) is 6.58. The van der Waals surface area contributed by atoms with Gasteiger partial charge >= 0.3 is 0 Å². The quantitative estimate of drug-likeness (QED) is 0.633. The Morgan fingerprint density at radius 2 is 2.16 bits per heavy atom. The average molecular weight is 259 g/mol. The van der Waals surface area contributed by atoms with Gasteiger partial charge in [0.1, 0.15) is 12.2 Å². The molecular weight excluding hydrogens is 238 g/mol. The van der Waals surface area contributed by atoms with Crippen LogP contribution >= 0.6 is 0 Å². The summed E-state index contributed by atoms with van der Waals surface area (Å²) in [6.45, 7) is 7.06. The molecule has 0 radical (unpaired) electrons. The molecule has 1 aromatic carbocycles. The van der Waals surface area contributed by atoms with E-state index >= 15 is 0 Å². The van der Waals surface area contributed by atoms with Gasteiger partial charge in [0, 0.05) is 13.0 Å². The highest BCUT2D eigenvalue weighted by atomic mass is 15.3. The number of hydrogen-bond donors (Lipinski definition) is 2. The molecule has 102 valence electrons. The maximum Gasteiger partial charge on any atom is 0.138 e. The number of nitrogens with zero attached hydrogens (tertiary/aromatic N) is 3. The summed E-state index contributed by atoms with van der Waals surface area (Å²) in [5.74, 6) is 6.67. The first kappa shape index (κ1) is 13.7. The predicted octanol–water partition coefficient (Wildman–Crippen LogP) is 1.66. The predicted molar refractivity (Wildman–Crippen MR) is 75.4 cm³/mol. The summed E-state index contributed by atoms with van der Waals surface area (Å²) in [6.07, 6.45) is 2.32. The van der Waals surface area contributed by atoms with Crippen LogP contribution in [0.2, 0.25) is 0 Å². The zero-order valence-electron chi connectivity index (χ0n) is 11.7. The minimum atomic E-state index is 0.0504. The molecule has 19 heavy (non-hydrogen) atoms. The maximum atomic E-state index is 5.72. The molecular formula is C14H21N5. The molecule has 0 spiro atoms. The Bertz CT molecular complexity index is 547. The third-order valence-electron chi connectivity index (χ3n) is 3.39. The second-order valence-electron chi connectivity index (χ2n) is 4.78. The van der Waals surface area contributed by atoms with Gasteiger partial charge in [0.2, 0.25) is 0 Å². The van der Waals surface area contributed by atoms with E-state index in [0.717, 1.165) is 18.8 Å². The lowest BCUT2D eigenvalue weighted by Crippen LogP contribution is -2.31. The number of rotatable bonds is 5. The summed E-state index contributed by atoms with van der Waals surface area (Å²) in [6, 6.07) is 6.46. The van der Waals surface area contributed by atoms with E-state index in [2.05, 4.69) is 54.5 Å². The van der Waals surface area contributed by atoms with Crippen molar-refractivity contribution in [2.45, 2.75) is 39.8 Å². The highest BCUT2D eigenvalue weighted by Crippen LogP contribution is 2.21. The summed E-state index contributed by atoms with van der Waals surface area (Å²) in [4.78, 5) is 4.31. The minimum absolute atomic E-state index is 0.0504. The van der Waals surface area contributed by atoms with Gasteiger partial charge in [0.05, 0.1) is 6.04 Å². The van der Waals surface area contributed by atoms with Crippen molar-refractivity contribution < 1.29 is 0 Å². The van der Waals surface area contributed by atoms with E-state index in [0.29, 0.717) is 0 Å². The molecule has 0 fully saturated rings. The molecule has 0 saturated carbocycles. The highest BCUT2D eigenvalue weighted by Gasteiger charge is 2.16. The van der Waals surface area contributed by atoms with Gasteiger partial charge in [0.25, 0.3) is 0 Å². The van der Waals surface area contributed by atoms with Crippen LogP contribution in [0.5, 0.6) is 0 Å². The molecule has 0 saturated heterocycles. The fraction of sp³-hybridized carbons (Fsp3) is 0.429. The zero-order chi connectivity index (χ0) is 13.8. The number of benzene rings is 1. The molecule has 2 aromatic rings. The van der Waals surface area contributed by atoms with Crippen molar-refractivity contribution in [1.82, 2.24) is 20.2 Å². The molecule has 0 bridgehead atoms. The van der Waals surface area contributed by atoms with Gasteiger partial charge in [0.15, 0.2) is 0 Å². The lowest BCUT2D eigenvalue weighted by molar-refractivity contribution is 0.508. The molecule has 5 nitrogen and oxygen atoms in total. The monoisotopic (exact) mass is 259 g/mol. The summed E-state index contributed by atoms with van der Waals surface area (Å²) in [7, 11) is 0. The Morgan fingerprint density at radius 3 is 2.84 bits per heavy atom. The topological polar surface area (TPSA) is 68.8 Å². The van der Waals surface area contributed by atoms with Gasteiger partial charge in [-0.25, -0.2) is 4.98 Å². The minimum Gasteiger partial charge on any atom is -0.271 e. The SMILES string of the molecule is CCn1ncnc1CC(NN)c1cc(C)ccc1C. The second-order valence-corrected chi connectivity index (χ2v) is 4.78. The molecule has 0 amide bonds. The molecule has 2 rings (SSSR count). The van der Waals surface area contributed by atoms with Crippen LogP contribution in [0.4, 0.5) is 0 Å². The summed E-state index contributed by atoms with van der Waals surface area (Å²) in [5, 5.41) is 4.19. The maximum absolute atomic E-state index is 5.72. The normalized spacial score (nSPS) is 12.6. The van der Waals surface area contributed by atoms with E-state index in [1.807, 2.05) is 4.68 Å². The largest absolute Gasteiger partial charge is 0.271 e. The average Bonchev–Trinajstić information content (AvgIpc) is 2.86. The van der Waals surface area contributed by atoms with Crippen LogP contribution in [0.3, 0.4) is 0 Å². The molecule has 1 atom stereocenters. The van der Waals surface area contributed by atoms with Gasteiger partial charge < -0.3 is 0 Å². The molecule has 1 aromatic heterocycles. The van der Waals surface area contributed by atoms with Crippen molar-refractivity contribution in [3.8, 4) is 0 Å². The van der Waals surface area contributed by atoms with E-state index in [1.54, 1.807) is 6.33 Å². The lowest BCUT2D eigenvalue weighted by atomic mass is 9.97. The number of aryl methyl sites for hydroxylation is 3. The first-order chi connectivity index (χ1) is 9.15. The third kappa shape index (κ3) is 3.00. The Hall–Kier alpha value is -1.72. The van der Waals surface area contributed by atoms with Crippen molar-refractivity contribution in [2.24, 2.45) is 5.84 Å². The Labute approximate surface area is 113 Å². The Morgan fingerprint density at radius 1 is 1.37 bits per heavy atom. The molecule has 5 heteroatoms. The van der Waals surface area contributed by atoms with Gasteiger partial charge in [-0.05, 0) is 31.9 Å². The van der Waals surface area contributed by atoms with Crippen molar-refractivity contribution in [1.29, 1.82) is 0 Å². The Kier molecular flexibility index (Phi) is 4.29. The zero-order valence-corrected chi connectivity index (χ0v) is 11.7. The molecule has 1 heterocycles. The van der Waals surface area contributed by atoms with Gasteiger partial charge in [-0.2, -0.15) is 5.10 Å². The van der Waals surface area contributed by atoms with Crippen molar-refractivity contribution in [2.75, 3.05) is 0 Å². The summed E-state index contributed by atoms with van der Waals surface area (Å²) >= 11 is 0. The standard InChI is InChI=1S/C14H21N5/c1-4-19-14(16-9-17-19)8-13(18-15)12-7-10(2)5-6-11(12)3/h5-7,9,13,18H,4,8,15H2,1-3H3. The smallest absolute Gasteiger partial charge is 0.138 e. The van der Waals surface area contributed by atoms with Crippen LogP contribution in [0.1, 0.15) is 35.5 Å². The van der Waals surface area contributed by atoms with E-state index in [4.69, 9.17) is 5.84 Å².